The van der Waals surface area contributed by atoms with Crippen LogP contribution >= 0.6 is 23.4 Å². The predicted molar refractivity (Wildman–Crippen MR) is 106 cm³/mol. The van der Waals surface area contributed by atoms with Crippen molar-refractivity contribution in [3.05, 3.63) is 59.1 Å². The van der Waals surface area contributed by atoms with Gasteiger partial charge in [0.15, 0.2) is 5.16 Å². The largest absolute Gasteiger partial charge is 0.383 e. The van der Waals surface area contributed by atoms with Gasteiger partial charge in [-0.15, -0.1) is 0 Å². The topological polar surface area (TPSA) is 56.1 Å². The van der Waals surface area contributed by atoms with E-state index in [9.17, 15) is 4.79 Å². The zero-order valence-electron chi connectivity index (χ0n) is 14.4. The summed E-state index contributed by atoms with van der Waals surface area (Å²) in [4.78, 5) is 16.8. The van der Waals surface area contributed by atoms with Gasteiger partial charge in [0, 0.05) is 25.2 Å². The summed E-state index contributed by atoms with van der Waals surface area (Å²) in [6.07, 6.45) is 0. The normalized spacial score (nSPS) is 11.0. The average Bonchev–Trinajstić information content (AvgIpc) is 3.00. The highest BCUT2D eigenvalue weighted by molar-refractivity contribution is 7.99. The lowest BCUT2D eigenvalue weighted by atomic mass is 10.2. The van der Waals surface area contributed by atoms with Crippen LogP contribution in [0.3, 0.4) is 0 Å². The van der Waals surface area contributed by atoms with Gasteiger partial charge in [0.1, 0.15) is 0 Å². The van der Waals surface area contributed by atoms with E-state index in [1.165, 1.54) is 11.8 Å². The highest BCUT2D eigenvalue weighted by atomic mass is 35.5. The number of ether oxygens (including phenoxy) is 1. The van der Waals surface area contributed by atoms with E-state index >= 15 is 0 Å². The molecule has 0 spiro atoms. The lowest BCUT2D eigenvalue weighted by Crippen LogP contribution is -2.24. The number of hydrogen-bond acceptors (Lipinski definition) is 4. The van der Waals surface area contributed by atoms with Crippen molar-refractivity contribution in [2.45, 2.75) is 18.2 Å². The van der Waals surface area contributed by atoms with Crippen LogP contribution < -0.4 is 5.32 Å². The Labute approximate surface area is 161 Å². The quantitative estimate of drug-likeness (QED) is 0.596. The molecular formula is C19H20ClN3O2S. The van der Waals surface area contributed by atoms with E-state index < -0.39 is 0 Å². The minimum Gasteiger partial charge on any atom is -0.383 e. The third kappa shape index (κ3) is 4.78. The lowest BCUT2D eigenvalue weighted by Gasteiger charge is -2.09. The van der Waals surface area contributed by atoms with Gasteiger partial charge in [0.2, 0.25) is 5.91 Å². The van der Waals surface area contributed by atoms with Crippen LogP contribution in [0.25, 0.3) is 11.0 Å². The van der Waals surface area contributed by atoms with Gasteiger partial charge >= 0.3 is 0 Å². The molecule has 1 heterocycles. The summed E-state index contributed by atoms with van der Waals surface area (Å²) in [5, 5.41) is 4.40. The summed E-state index contributed by atoms with van der Waals surface area (Å²) in [5.41, 5.74) is 2.94. The van der Waals surface area contributed by atoms with Crippen LogP contribution in [0.4, 0.5) is 0 Å². The maximum absolute atomic E-state index is 12.2. The minimum absolute atomic E-state index is 0.0414. The summed E-state index contributed by atoms with van der Waals surface area (Å²) in [5.74, 6) is 0.261. The van der Waals surface area contributed by atoms with Gasteiger partial charge in [-0.1, -0.05) is 47.6 Å². The molecule has 0 fully saturated rings. The van der Waals surface area contributed by atoms with E-state index in [4.69, 9.17) is 16.3 Å². The van der Waals surface area contributed by atoms with Crippen molar-refractivity contribution in [3.63, 3.8) is 0 Å². The molecule has 0 saturated heterocycles. The fourth-order valence-electron chi connectivity index (χ4n) is 2.59. The van der Waals surface area contributed by atoms with E-state index in [1.54, 1.807) is 7.11 Å². The van der Waals surface area contributed by atoms with Crippen LogP contribution in [0.2, 0.25) is 5.02 Å². The molecule has 0 radical (unpaired) electrons. The van der Waals surface area contributed by atoms with Crippen molar-refractivity contribution in [3.8, 4) is 0 Å². The molecule has 1 aromatic heterocycles. The number of benzene rings is 2. The standard InChI is InChI=1S/C19H20ClN3O2S/c1-25-10-9-23-17-8-3-2-7-16(17)22-19(23)26-13-18(24)21-12-14-5-4-6-15(20)11-14/h2-8,11H,9-10,12-13H2,1H3,(H,21,24). The number of fused-ring (bicyclic) bond motifs is 1. The van der Waals surface area contributed by atoms with Crippen LogP contribution in [-0.4, -0.2) is 34.9 Å². The Hall–Kier alpha value is -2.02. The second-order valence-electron chi connectivity index (χ2n) is 5.72. The number of carbonyl (C=O) groups excluding carboxylic acids is 1. The monoisotopic (exact) mass is 389 g/mol. The van der Waals surface area contributed by atoms with Gasteiger partial charge in [-0.3, -0.25) is 4.79 Å². The molecule has 0 aliphatic rings. The summed E-state index contributed by atoms with van der Waals surface area (Å²) < 4.78 is 7.28. The number of carbonyl (C=O) groups is 1. The molecule has 136 valence electrons. The number of halogens is 1. The molecule has 2 aromatic carbocycles. The van der Waals surface area contributed by atoms with Crippen LogP contribution in [-0.2, 0) is 22.6 Å². The molecule has 0 saturated carbocycles. The summed E-state index contributed by atoms with van der Waals surface area (Å²) >= 11 is 7.39. The molecule has 0 atom stereocenters. The Morgan fingerprint density at radius 3 is 2.92 bits per heavy atom. The summed E-state index contributed by atoms with van der Waals surface area (Å²) in [7, 11) is 1.68. The number of nitrogens with zero attached hydrogens (tertiary/aromatic N) is 2. The Kier molecular flexibility index (Phi) is 6.55. The fourth-order valence-corrected chi connectivity index (χ4v) is 3.67. The molecule has 3 rings (SSSR count). The van der Waals surface area contributed by atoms with Crippen molar-refractivity contribution in [1.29, 1.82) is 0 Å². The van der Waals surface area contributed by atoms with Gasteiger partial charge < -0.3 is 14.6 Å². The molecule has 7 heteroatoms. The first-order valence-electron chi connectivity index (χ1n) is 8.25. The first kappa shape index (κ1) is 18.8. The molecule has 3 aromatic rings. The smallest absolute Gasteiger partial charge is 0.230 e. The molecular weight excluding hydrogens is 370 g/mol. The van der Waals surface area contributed by atoms with Crippen LogP contribution in [0.5, 0.6) is 0 Å². The second-order valence-corrected chi connectivity index (χ2v) is 7.10. The highest BCUT2D eigenvalue weighted by Gasteiger charge is 2.12. The number of hydrogen-bond donors (Lipinski definition) is 1. The summed E-state index contributed by atoms with van der Waals surface area (Å²) in [6.45, 7) is 1.75. The zero-order chi connectivity index (χ0) is 18.4. The third-order valence-corrected chi connectivity index (χ3v) is 5.06. The Bertz CT molecular complexity index is 897. The zero-order valence-corrected chi connectivity index (χ0v) is 16.0. The molecule has 26 heavy (non-hydrogen) atoms. The second kappa shape index (κ2) is 9.07. The van der Waals surface area contributed by atoms with Crippen LogP contribution in [0.1, 0.15) is 5.56 Å². The predicted octanol–water partition coefficient (Wildman–Crippen LogP) is 3.74. The van der Waals surface area contributed by atoms with Gasteiger partial charge in [0.05, 0.1) is 23.4 Å². The fraction of sp³-hybridized carbons (Fsp3) is 0.263. The molecule has 0 bridgehead atoms. The van der Waals surface area contributed by atoms with Crippen molar-refractivity contribution >= 4 is 40.3 Å². The number of para-hydroxylation sites is 2. The molecule has 1 amide bonds. The first-order chi connectivity index (χ1) is 12.7. The van der Waals surface area contributed by atoms with Crippen molar-refractivity contribution in [1.82, 2.24) is 14.9 Å². The van der Waals surface area contributed by atoms with Crippen molar-refractivity contribution in [2.75, 3.05) is 19.5 Å². The van der Waals surface area contributed by atoms with E-state index in [2.05, 4.69) is 14.9 Å². The van der Waals surface area contributed by atoms with Gasteiger partial charge in [-0.2, -0.15) is 0 Å². The minimum atomic E-state index is -0.0414. The van der Waals surface area contributed by atoms with E-state index in [1.807, 2.05) is 48.5 Å². The molecule has 1 N–H and O–H groups in total. The first-order valence-corrected chi connectivity index (χ1v) is 9.62. The number of imidazole rings is 1. The SMILES string of the molecule is COCCn1c(SCC(=O)NCc2cccc(Cl)c2)nc2ccccc21. The third-order valence-electron chi connectivity index (χ3n) is 3.85. The maximum Gasteiger partial charge on any atom is 0.230 e. The number of aromatic nitrogens is 2. The lowest BCUT2D eigenvalue weighted by molar-refractivity contribution is -0.118. The van der Waals surface area contributed by atoms with E-state index in [-0.39, 0.29) is 5.91 Å². The Balaban J connectivity index is 1.62. The maximum atomic E-state index is 12.2. The number of rotatable bonds is 8. The summed E-state index contributed by atoms with van der Waals surface area (Å²) in [6, 6.07) is 15.4. The Morgan fingerprint density at radius 1 is 1.27 bits per heavy atom. The van der Waals surface area contributed by atoms with Crippen molar-refractivity contribution in [2.24, 2.45) is 0 Å². The highest BCUT2D eigenvalue weighted by Crippen LogP contribution is 2.24. The van der Waals surface area contributed by atoms with Gasteiger partial charge in [0.25, 0.3) is 0 Å². The number of amides is 1. The molecule has 0 unspecified atom stereocenters. The van der Waals surface area contributed by atoms with E-state index in [0.717, 1.165) is 21.8 Å². The van der Waals surface area contributed by atoms with E-state index in [0.29, 0.717) is 30.5 Å². The van der Waals surface area contributed by atoms with Gasteiger partial charge in [-0.25, -0.2) is 4.98 Å². The molecule has 5 nitrogen and oxygen atoms in total. The molecule has 0 aliphatic carbocycles. The Morgan fingerprint density at radius 2 is 2.12 bits per heavy atom. The average molecular weight is 390 g/mol. The van der Waals surface area contributed by atoms with Crippen LogP contribution in [0.15, 0.2) is 53.7 Å². The van der Waals surface area contributed by atoms with Gasteiger partial charge in [-0.05, 0) is 29.8 Å². The van der Waals surface area contributed by atoms with Crippen molar-refractivity contribution < 1.29 is 9.53 Å². The number of nitrogens with one attached hydrogen (secondary N) is 1. The number of methoxy groups -OCH3 is 1. The number of thioether (sulfide) groups is 1. The molecule has 0 aliphatic heterocycles. The van der Waals surface area contributed by atoms with Crippen LogP contribution in [0, 0.1) is 0 Å².